The molecule has 0 saturated heterocycles. The van der Waals surface area contributed by atoms with Crippen molar-refractivity contribution in [2.24, 2.45) is 0 Å². The van der Waals surface area contributed by atoms with Gasteiger partial charge in [-0.1, -0.05) is 12.1 Å². The number of carbonyl (C=O) groups excluding carboxylic acids is 1. The normalized spacial score (nSPS) is 19.4. The fourth-order valence-corrected chi connectivity index (χ4v) is 3.41. The average Bonchev–Trinajstić information content (AvgIpc) is 2.69. The first-order chi connectivity index (χ1) is 14.2. The largest absolute Gasteiger partial charge is 0.497 e. The Hall–Kier alpha value is -3.17. The van der Waals surface area contributed by atoms with Gasteiger partial charge in [-0.15, -0.1) is 0 Å². The van der Waals surface area contributed by atoms with Gasteiger partial charge in [-0.3, -0.25) is 14.9 Å². The molecule has 2 atom stereocenters. The first kappa shape index (κ1) is 21.5. The van der Waals surface area contributed by atoms with Crippen LogP contribution in [-0.2, 0) is 16.0 Å². The van der Waals surface area contributed by atoms with E-state index < -0.39 is 28.6 Å². The molecule has 9 heteroatoms. The molecule has 30 heavy (non-hydrogen) atoms. The number of hydrogen-bond acceptors (Lipinski definition) is 7. The summed E-state index contributed by atoms with van der Waals surface area (Å²) in [5.41, 5.74) is -0.145. The van der Waals surface area contributed by atoms with Crippen molar-refractivity contribution in [2.75, 3.05) is 19.5 Å². The third kappa shape index (κ3) is 4.22. The number of amides is 1. The van der Waals surface area contributed by atoms with E-state index in [1.807, 2.05) is 0 Å². The second kappa shape index (κ2) is 8.29. The van der Waals surface area contributed by atoms with Gasteiger partial charge < -0.3 is 24.6 Å². The number of anilines is 1. The summed E-state index contributed by atoms with van der Waals surface area (Å²) in [5, 5.41) is 24.7. The van der Waals surface area contributed by atoms with Gasteiger partial charge in [-0.05, 0) is 37.6 Å². The zero-order valence-corrected chi connectivity index (χ0v) is 17.2. The molecule has 1 aliphatic heterocycles. The lowest BCUT2D eigenvalue weighted by Gasteiger charge is -2.41. The van der Waals surface area contributed by atoms with Gasteiger partial charge in [0.25, 0.3) is 5.69 Å². The van der Waals surface area contributed by atoms with Crippen molar-refractivity contribution in [1.82, 2.24) is 0 Å². The summed E-state index contributed by atoms with van der Waals surface area (Å²) in [4.78, 5) is 23.5. The molecular formula is C21H24N2O7. The lowest BCUT2D eigenvalue weighted by Crippen LogP contribution is -2.49. The highest BCUT2D eigenvalue weighted by Gasteiger charge is 2.44. The van der Waals surface area contributed by atoms with Crippen LogP contribution in [0.1, 0.15) is 31.1 Å². The Labute approximate surface area is 173 Å². The quantitative estimate of drug-likeness (QED) is 0.548. The number of hydrogen-bond donors (Lipinski definition) is 2. The Morgan fingerprint density at radius 1 is 1.27 bits per heavy atom. The van der Waals surface area contributed by atoms with Crippen molar-refractivity contribution in [2.45, 2.75) is 38.1 Å². The summed E-state index contributed by atoms with van der Waals surface area (Å²) in [6.45, 7) is 3.34. The SMILES string of the molecule is COc1ccc(CC(=O)Nc2cc3c(cc2[N+](=O)[O-])OC(C)(C)C(O)[C@H]3OC)cc1. The van der Waals surface area contributed by atoms with E-state index in [2.05, 4.69) is 5.32 Å². The topological polar surface area (TPSA) is 120 Å². The van der Waals surface area contributed by atoms with E-state index >= 15 is 0 Å². The number of nitrogens with one attached hydrogen (secondary N) is 1. The summed E-state index contributed by atoms with van der Waals surface area (Å²) < 4.78 is 16.3. The van der Waals surface area contributed by atoms with Crippen molar-refractivity contribution in [1.29, 1.82) is 0 Å². The Morgan fingerprint density at radius 3 is 2.50 bits per heavy atom. The van der Waals surface area contributed by atoms with Gasteiger partial charge in [-0.2, -0.15) is 0 Å². The highest BCUT2D eigenvalue weighted by atomic mass is 16.6. The van der Waals surface area contributed by atoms with Crippen LogP contribution in [0.3, 0.4) is 0 Å². The lowest BCUT2D eigenvalue weighted by molar-refractivity contribution is -0.384. The number of nitrogens with zero attached hydrogens (tertiary/aromatic N) is 1. The number of ether oxygens (including phenoxy) is 3. The van der Waals surface area contributed by atoms with Crippen LogP contribution in [0.2, 0.25) is 0 Å². The molecule has 0 spiro atoms. The van der Waals surface area contributed by atoms with Gasteiger partial charge in [-0.25, -0.2) is 0 Å². The molecule has 0 aromatic heterocycles. The molecule has 3 rings (SSSR count). The van der Waals surface area contributed by atoms with E-state index in [0.29, 0.717) is 11.3 Å². The summed E-state index contributed by atoms with van der Waals surface area (Å²) in [6, 6.07) is 9.62. The molecule has 0 saturated carbocycles. The first-order valence-corrected chi connectivity index (χ1v) is 9.31. The van der Waals surface area contributed by atoms with Gasteiger partial charge in [0.05, 0.1) is 24.5 Å². The number of carbonyl (C=O) groups is 1. The number of benzene rings is 2. The highest BCUT2D eigenvalue weighted by molar-refractivity contribution is 5.95. The average molecular weight is 416 g/mol. The number of aliphatic hydroxyl groups is 1. The molecule has 0 fully saturated rings. The maximum Gasteiger partial charge on any atom is 0.296 e. The Balaban J connectivity index is 1.91. The van der Waals surface area contributed by atoms with E-state index in [9.17, 15) is 20.0 Å². The zero-order valence-electron chi connectivity index (χ0n) is 17.2. The molecule has 2 aromatic carbocycles. The second-order valence-corrected chi connectivity index (χ2v) is 7.54. The van der Waals surface area contributed by atoms with E-state index in [0.717, 1.165) is 5.56 Å². The number of rotatable bonds is 6. The molecular weight excluding hydrogens is 392 g/mol. The number of aliphatic hydroxyl groups excluding tert-OH is 1. The highest BCUT2D eigenvalue weighted by Crippen LogP contribution is 2.45. The Kier molecular flexibility index (Phi) is 5.95. The van der Waals surface area contributed by atoms with Gasteiger partial charge >= 0.3 is 0 Å². The van der Waals surface area contributed by atoms with Crippen molar-refractivity contribution >= 4 is 17.3 Å². The first-order valence-electron chi connectivity index (χ1n) is 9.31. The summed E-state index contributed by atoms with van der Waals surface area (Å²) in [5.74, 6) is 0.475. The zero-order chi connectivity index (χ0) is 22.1. The van der Waals surface area contributed by atoms with Gasteiger partial charge in [0.1, 0.15) is 35.0 Å². The van der Waals surface area contributed by atoms with Gasteiger partial charge in [0.15, 0.2) is 0 Å². The number of fused-ring (bicyclic) bond motifs is 1. The van der Waals surface area contributed by atoms with Crippen LogP contribution < -0.4 is 14.8 Å². The van der Waals surface area contributed by atoms with Gasteiger partial charge in [0, 0.05) is 12.7 Å². The Bertz CT molecular complexity index is 957. The number of nitro benzene ring substituents is 1. The van der Waals surface area contributed by atoms with E-state index in [1.165, 1.54) is 19.2 Å². The molecule has 0 bridgehead atoms. The second-order valence-electron chi connectivity index (χ2n) is 7.54. The lowest BCUT2D eigenvalue weighted by atomic mass is 9.88. The van der Waals surface area contributed by atoms with Crippen molar-refractivity contribution < 1.29 is 29.0 Å². The monoisotopic (exact) mass is 416 g/mol. The van der Waals surface area contributed by atoms with Crippen LogP contribution in [0.15, 0.2) is 36.4 Å². The smallest absolute Gasteiger partial charge is 0.296 e. The van der Waals surface area contributed by atoms with Crippen LogP contribution in [0.5, 0.6) is 11.5 Å². The van der Waals surface area contributed by atoms with E-state index in [-0.39, 0.29) is 23.5 Å². The maximum atomic E-state index is 12.5. The summed E-state index contributed by atoms with van der Waals surface area (Å²) in [6.07, 6.45) is -1.74. The van der Waals surface area contributed by atoms with Crippen LogP contribution in [0.25, 0.3) is 0 Å². The van der Waals surface area contributed by atoms with E-state index in [4.69, 9.17) is 14.2 Å². The number of methoxy groups -OCH3 is 2. The molecule has 1 amide bonds. The minimum absolute atomic E-state index is 0.00909. The molecule has 1 unspecified atom stereocenters. The van der Waals surface area contributed by atoms with Crippen molar-refractivity contribution in [3.8, 4) is 11.5 Å². The third-order valence-electron chi connectivity index (χ3n) is 5.06. The van der Waals surface area contributed by atoms with Crippen LogP contribution >= 0.6 is 0 Å². The predicted molar refractivity (Wildman–Crippen MR) is 109 cm³/mol. The van der Waals surface area contributed by atoms with Gasteiger partial charge in [0.2, 0.25) is 5.91 Å². The van der Waals surface area contributed by atoms with Crippen LogP contribution in [0, 0.1) is 10.1 Å². The number of nitro groups is 1. The molecule has 1 heterocycles. The van der Waals surface area contributed by atoms with Crippen LogP contribution in [0.4, 0.5) is 11.4 Å². The minimum atomic E-state index is -1.00. The third-order valence-corrected chi connectivity index (χ3v) is 5.06. The maximum absolute atomic E-state index is 12.5. The van der Waals surface area contributed by atoms with Crippen LogP contribution in [-0.4, -0.2) is 41.9 Å². The van der Waals surface area contributed by atoms with E-state index in [1.54, 1.807) is 45.2 Å². The molecule has 1 aliphatic rings. The fourth-order valence-electron chi connectivity index (χ4n) is 3.41. The summed E-state index contributed by atoms with van der Waals surface area (Å²) in [7, 11) is 2.98. The molecule has 9 nitrogen and oxygen atoms in total. The predicted octanol–water partition coefficient (Wildman–Crippen LogP) is 3.00. The molecule has 160 valence electrons. The fraction of sp³-hybridized carbons (Fsp3) is 0.381. The van der Waals surface area contributed by atoms with Crippen molar-refractivity contribution in [3.63, 3.8) is 0 Å². The summed E-state index contributed by atoms with van der Waals surface area (Å²) >= 11 is 0. The Morgan fingerprint density at radius 2 is 1.93 bits per heavy atom. The molecule has 2 aromatic rings. The minimum Gasteiger partial charge on any atom is -0.497 e. The molecule has 0 aliphatic carbocycles. The molecule has 2 N–H and O–H groups in total. The molecule has 0 radical (unpaired) electrons. The standard InChI is InChI=1S/C21H24N2O7/c1-21(2)20(25)19(29-4)14-10-15(16(23(26)27)11-17(14)30-21)22-18(24)9-12-5-7-13(28-3)8-6-12/h5-8,10-11,19-20,25H,9H2,1-4H3,(H,22,24)/t19-,20?/m0/s1. The van der Waals surface area contributed by atoms with Crippen molar-refractivity contribution in [3.05, 3.63) is 57.6 Å².